The van der Waals surface area contributed by atoms with Gasteiger partial charge in [-0.2, -0.15) is 15.8 Å². The summed E-state index contributed by atoms with van der Waals surface area (Å²) in [6.45, 7) is 2.09. The van der Waals surface area contributed by atoms with Crippen molar-refractivity contribution in [3.8, 4) is 18.2 Å². The Morgan fingerprint density at radius 2 is 1.96 bits per heavy atom. The molecule has 3 rings (SSSR count). The molecule has 1 amide bonds. The Hall–Kier alpha value is -3.27. The standard InChI is InChI=1S/C20H16ClN5O/c1-12(27)26-7-6-13-15(8-22)19(25)20(10-23,11-24)18(16(13)9-26)14-4-2-3-5-17(14)21/h2-6,16,18H,7,9,25H2,1H3/t16-,18-/m1/s1. The number of halogens is 1. The number of fused-ring (bicyclic) bond motifs is 1. The molecule has 0 saturated heterocycles. The first-order chi connectivity index (χ1) is 12.9. The lowest BCUT2D eigenvalue weighted by atomic mass is 9.58. The fourth-order valence-corrected chi connectivity index (χ4v) is 4.26. The number of rotatable bonds is 1. The molecule has 27 heavy (non-hydrogen) atoms. The van der Waals surface area contributed by atoms with Gasteiger partial charge in [-0.25, -0.2) is 0 Å². The summed E-state index contributed by atoms with van der Waals surface area (Å²) in [4.78, 5) is 13.6. The number of nitrogens with two attached hydrogens (primary N) is 1. The van der Waals surface area contributed by atoms with Gasteiger partial charge in [-0.05, 0) is 17.2 Å². The lowest BCUT2D eigenvalue weighted by molar-refractivity contribution is -0.129. The Bertz CT molecular complexity index is 990. The molecule has 1 aromatic rings. The number of carbonyl (C=O) groups excluding carboxylic acids is 1. The van der Waals surface area contributed by atoms with E-state index >= 15 is 0 Å². The van der Waals surface area contributed by atoms with E-state index in [1.54, 1.807) is 35.2 Å². The van der Waals surface area contributed by atoms with Crippen molar-refractivity contribution < 1.29 is 4.79 Å². The zero-order valence-electron chi connectivity index (χ0n) is 14.6. The van der Waals surface area contributed by atoms with Crippen LogP contribution in [0.25, 0.3) is 0 Å². The highest BCUT2D eigenvalue weighted by atomic mass is 35.5. The highest BCUT2D eigenvalue weighted by Gasteiger charge is 2.55. The quantitative estimate of drug-likeness (QED) is 0.806. The van der Waals surface area contributed by atoms with Crippen molar-refractivity contribution in [3.05, 3.63) is 57.8 Å². The van der Waals surface area contributed by atoms with E-state index in [0.717, 1.165) is 0 Å². The second-order valence-corrected chi connectivity index (χ2v) is 7.03. The van der Waals surface area contributed by atoms with E-state index in [2.05, 4.69) is 6.07 Å². The first kappa shape index (κ1) is 18.5. The van der Waals surface area contributed by atoms with Crippen molar-refractivity contribution in [2.45, 2.75) is 12.8 Å². The summed E-state index contributed by atoms with van der Waals surface area (Å²) in [5.41, 5.74) is 5.82. The number of nitrogens with zero attached hydrogens (tertiary/aromatic N) is 4. The minimum Gasteiger partial charge on any atom is -0.399 e. The average molecular weight is 378 g/mol. The number of benzene rings is 1. The van der Waals surface area contributed by atoms with Gasteiger partial charge in [0, 0.05) is 36.9 Å². The highest BCUT2D eigenvalue weighted by molar-refractivity contribution is 6.31. The van der Waals surface area contributed by atoms with Crippen molar-refractivity contribution in [3.63, 3.8) is 0 Å². The molecule has 1 aliphatic carbocycles. The van der Waals surface area contributed by atoms with Crippen LogP contribution < -0.4 is 5.73 Å². The van der Waals surface area contributed by atoms with Gasteiger partial charge >= 0.3 is 0 Å². The average Bonchev–Trinajstić information content (AvgIpc) is 2.67. The van der Waals surface area contributed by atoms with Gasteiger partial charge in [-0.15, -0.1) is 0 Å². The number of hydrogen-bond acceptors (Lipinski definition) is 5. The molecule has 2 aliphatic rings. The van der Waals surface area contributed by atoms with Gasteiger partial charge in [-0.3, -0.25) is 4.79 Å². The fraction of sp³-hybridized carbons (Fsp3) is 0.300. The van der Waals surface area contributed by atoms with Crippen LogP contribution in [0.3, 0.4) is 0 Å². The molecular formula is C20H16ClN5O. The Kier molecular flexibility index (Phi) is 4.66. The second-order valence-electron chi connectivity index (χ2n) is 6.62. The Balaban J connectivity index is 2.35. The summed E-state index contributed by atoms with van der Waals surface area (Å²) in [6.07, 6.45) is 1.78. The van der Waals surface area contributed by atoms with Crippen LogP contribution in [0.2, 0.25) is 5.02 Å². The minimum absolute atomic E-state index is 0.0568. The molecule has 1 aromatic carbocycles. The predicted octanol–water partition coefficient (Wildman–Crippen LogP) is 2.61. The number of hydrogen-bond donors (Lipinski definition) is 1. The maximum absolute atomic E-state index is 11.9. The molecule has 0 spiro atoms. The molecule has 7 heteroatoms. The largest absolute Gasteiger partial charge is 0.399 e. The van der Waals surface area contributed by atoms with E-state index in [1.165, 1.54) is 6.92 Å². The fourth-order valence-electron chi connectivity index (χ4n) is 4.01. The molecule has 0 aromatic heterocycles. The van der Waals surface area contributed by atoms with Gasteiger partial charge < -0.3 is 10.6 Å². The van der Waals surface area contributed by atoms with Crippen molar-refractivity contribution in [1.29, 1.82) is 15.8 Å². The Labute approximate surface area is 162 Å². The lowest BCUT2D eigenvalue weighted by Crippen LogP contribution is -2.49. The van der Waals surface area contributed by atoms with Crippen LogP contribution in [-0.2, 0) is 4.79 Å². The summed E-state index contributed by atoms with van der Waals surface area (Å²) in [5.74, 6) is -1.26. The topological polar surface area (TPSA) is 118 Å². The SMILES string of the molecule is CC(=O)N1CC=C2C(C#N)=C(N)C(C#N)(C#N)[C@H](c3ccccc3Cl)[C@@H]2C1. The predicted molar refractivity (Wildman–Crippen MR) is 98.5 cm³/mol. The zero-order valence-corrected chi connectivity index (χ0v) is 15.4. The molecular weight excluding hydrogens is 362 g/mol. The molecule has 0 unspecified atom stereocenters. The molecule has 6 nitrogen and oxygen atoms in total. The van der Waals surface area contributed by atoms with E-state index in [-0.39, 0.29) is 23.7 Å². The van der Waals surface area contributed by atoms with Gasteiger partial charge in [0.1, 0.15) is 6.07 Å². The minimum atomic E-state index is -1.75. The molecule has 0 fully saturated rings. The Morgan fingerprint density at radius 3 is 2.52 bits per heavy atom. The zero-order chi connectivity index (χ0) is 19.8. The van der Waals surface area contributed by atoms with E-state index in [4.69, 9.17) is 17.3 Å². The Morgan fingerprint density at radius 1 is 1.30 bits per heavy atom. The van der Waals surface area contributed by atoms with Crippen molar-refractivity contribution in [2.75, 3.05) is 13.1 Å². The third kappa shape index (κ3) is 2.65. The van der Waals surface area contributed by atoms with E-state index in [9.17, 15) is 20.6 Å². The van der Waals surface area contributed by atoms with Gasteiger partial charge in [0.2, 0.25) is 5.91 Å². The van der Waals surface area contributed by atoms with Crippen molar-refractivity contribution in [1.82, 2.24) is 4.90 Å². The molecule has 2 N–H and O–H groups in total. The third-order valence-corrected chi connectivity index (χ3v) is 5.69. The summed E-state index contributed by atoms with van der Waals surface area (Å²) in [6, 6.07) is 13.1. The molecule has 2 atom stereocenters. The molecule has 134 valence electrons. The maximum atomic E-state index is 11.9. The molecule has 0 radical (unpaired) electrons. The summed E-state index contributed by atoms with van der Waals surface area (Å²) in [7, 11) is 0. The van der Waals surface area contributed by atoms with Crippen molar-refractivity contribution in [2.24, 2.45) is 17.1 Å². The first-order valence-electron chi connectivity index (χ1n) is 8.34. The molecule has 1 aliphatic heterocycles. The maximum Gasteiger partial charge on any atom is 0.219 e. The smallest absolute Gasteiger partial charge is 0.219 e. The van der Waals surface area contributed by atoms with Gasteiger partial charge in [0.25, 0.3) is 0 Å². The van der Waals surface area contributed by atoms with Crippen LogP contribution in [-0.4, -0.2) is 23.9 Å². The number of allylic oxidation sites excluding steroid dienone is 2. The van der Waals surface area contributed by atoms with E-state index in [1.807, 2.05) is 12.1 Å². The van der Waals surface area contributed by atoms with Crippen LogP contribution >= 0.6 is 11.6 Å². The molecule has 0 saturated carbocycles. The second kappa shape index (κ2) is 6.80. The van der Waals surface area contributed by atoms with Gasteiger partial charge in [0.15, 0.2) is 5.41 Å². The third-order valence-electron chi connectivity index (χ3n) is 5.35. The van der Waals surface area contributed by atoms with Crippen LogP contribution in [0, 0.1) is 45.3 Å². The van der Waals surface area contributed by atoms with Crippen LogP contribution in [0.1, 0.15) is 18.4 Å². The van der Waals surface area contributed by atoms with Gasteiger partial charge in [0.05, 0.1) is 23.4 Å². The van der Waals surface area contributed by atoms with Crippen LogP contribution in [0.5, 0.6) is 0 Å². The normalized spacial score (nSPS) is 23.4. The monoisotopic (exact) mass is 377 g/mol. The van der Waals surface area contributed by atoms with E-state index in [0.29, 0.717) is 22.7 Å². The number of nitriles is 3. The molecule has 0 bridgehead atoms. The summed E-state index contributed by atoms with van der Waals surface area (Å²) < 4.78 is 0. The summed E-state index contributed by atoms with van der Waals surface area (Å²) >= 11 is 6.41. The lowest BCUT2D eigenvalue weighted by Gasteiger charge is -2.45. The van der Waals surface area contributed by atoms with Crippen LogP contribution in [0.4, 0.5) is 0 Å². The highest BCUT2D eigenvalue weighted by Crippen LogP contribution is 2.55. The first-order valence-corrected chi connectivity index (χ1v) is 8.72. The summed E-state index contributed by atoms with van der Waals surface area (Å²) in [5, 5.41) is 30.0. The number of amides is 1. The number of carbonyl (C=O) groups is 1. The van der Waals surface area contributed by atoms with Crippen LogP contribution in [0.15, 0.2) is 47.2 Å². The molecule has 1 heterocycles. The van der Waals surface area contributed by atoms with Crippen molar-refractivity contribution >= 4 is 17.5 Å². The van der Waals surface area contributed by atoms with E-state index < -0.39 is 17.3 Å². The van der Waals surface area contributed by atoms with Gasteiger partial charge in [-0.1, -0.05) is 35.9 Å².